The molecule has 0 aliphatic heterocycles. The molecule has 1 aromatic carbocycles. The molecule has 0 radical (unpaired) electrons. The molecule has 0 bridgehead atoms. The highest BCUT2D eigenvalue weighted by Crippen LogP contribution is 2.26. The first-order valence-corrected chi connectivity index (χ1v) is 6.32. The van der Waals surface area contributed by atoms with Crippen LogP contribution in [-0.2, 0) is 4.79 Å². The summed E-state index contributed by atoms with van der Waals surface area (Å²) >= 11 is 5.96. The van der Waals surface area contributed by atoms with Gasteiger partial charge in [0.15, 0.2) is 0 Å². The number of likely N-dealkylation sites (N-methyl/N-ethyl adjacent to an activating group) is 2. The number of pyridine rings is 1. The fraction of sp³-hybridized carbons (Fsp3) is 0.286. The van der Waals surface area contributed by atoms with Crippen LogP contribution in [0.3, 0.4) is 0 Å². The molecule has 5 heteroatoms. The second kappa shape index (κ2) is 5.45. The van der Waals surface area contributed by atoms with Crippen LogP contribution in [0.5, 0.6) is 0 Å². The minimum absolute atomic E-state index is 0.0569. The maximum absolute atomic E-state index is 11.8. The van der Waals surface area contributed by atoms with E-state index >= 15 is 0 Å². The molecule has 1 heterocycles. The first kappa shape index (κ1) is 13.6. The number of carbonyl (C=O) groups excluding carboxylic acids is 1. The van der Waals surface area contributed by atoms with Crippen molar-refractivity contribution in [2.75, 3.05) is 32.6 Å². The standard InChI is InChI=1S/C14H16ClN3O/c1-17(2)14(19)9-18(3)13-6-7-16-12-8-10(15)4-5-11(12)13/h4-8H,9H2,1-3H3. The molecular formula is C14H16ClN3O. The molecule has 0 saturated carbocycles. The number of aromatic nitrogens is 1. The molecule has 4 nitrogen and oxygen atoms in total. The van der Waals surface area contributed by atoms with E-state index < -0.39 is 0 Å². The monoisotopic (exact) mass is 277 g/mol. The van der Waals surface area contributed by atoms with Gasteiger partial charge >= 0.3 is 0 Å². The number of benzene rings is 1. The predicted molar refractivity (Wildman–Crippen MR) is 78.7 cm³/mol. The second-order valence-electron chi connectivity index (χ2n) is 4.64. The summed E-state index contributed by atoms with van der Waals surface area (Å²) in [4.78, 5) is 19.6. The smallest absolute Gasteiger partial charge is 0.241 e. The molecule has 0 saturated heterocycles. The molecule has 2 aromatic rings. The topological polar surface area (TPSA) is 36.4 Å². The molecule has 19 heavy (non-hydrogen) atoms. The summed E-state index contributed by atoms with van der Waals surface area (Å²) in [6.45, 7) is 0.328. The third-order valence-corrected chi connectivity index (χ3v) is 3.20. The molecule has 1 aromatic heterocycles. The van der Waals surface area contributed by atoms with Gasteiger partial charge in [-0.1, -0.05) is 11.6 Å². The molecule has 0 fully saturated rings. The van der Waals surface area contributed by atoms with E-state index in [1.54, 1.807) is 25.2 Å². The number of hydrogen-bond donors (Lipinski definition) is 0. The lowest BCUT2D eigenvalue weighted by molar-refractivity contribution is -0.127. The third-order valence-electron chi connectivity index (χ3n) is 2.96. The van der Waals surface area contributed by atoms with Crippen molar-refractivity contribution >= 4 is 34.1 Å². The van der Waals surface area contributed by atoms with Gasteiger partial charge in [-0.05, 0) is 24.3 Å². The third kappa shape index (κ3) is 2.96. The van der Waals surface area contributed by atoms with Crippen molar-refractivity contribution in [1.29, 1.82) is 0 Å². The molecule has 2 rings (SSSR count). The van der Waals surface area contributed by atoms with Crippen LogP contribution in [0.1, 0.15) is 0 Å². The Hall–Kier alpha value is -1.81. The van der Waals surface area contributed by atoms with Crippen molar-refractivity contribution in [3.05, 3.63) is 35.5 Å². The van der Waals surface area contributed by atoms with Gasteiger partial charge in [0.2, 0.25) is 5.91 Å². The normalized spacial score (nSPS) is 10.5. The summed E-state index contributed by atoms with van der Waals surface area (Å²) in [5.74, 6) is 0.0569. The molecule has 0 N–H and O–H groups in total. The Kier molecular flexibility index (Phi) is 3.90. The van der Waals surface area contributed by atoms with E-state index in [1.807, 2.05) is 36.2 Å². The highest BCUT2D eigenvalue weighted by Gasteiger charge is 2.12. The number of hydrogen-bond acceptors (Lipinski definition) is 3. The summed E-state index contributed by atoms with van der Waals surface area (Å²) in [5, 5.41) is 1.64. The van der Waals surface area contributed by atoms with Crippen LogP contribution < -0.4 is 4.90 Å². The van der Waals surface area contributed by atoms with E-state index in [9.17, 15) is 4.79 Å². The van der Waals surface area contributed by atoms with Gasteiger partial charge in [-0.25, -0.2) is 0 Å². The molecular weight excluding hydrogens is 262 g/mol. The van der Waals surface area contributed by atoms with Gasteiger partial charge in [0.1, 0.15) is 0 Å². The van der Waals surface area contributed by atoms with Gasteiger partial charge < -0.3 is 9.80 Å². The number of halogens is 1. The lowest BCUT2D eigenvalue weighted by atomic mass is 10.1. The summed E-state index contributed by atoms with van der Waals surface area (Å²) in [5.41, 5.74) is 1.80. The number of nitrogens with zero attached hydrogens (tertiary/aromatic N) is 3. The quantitative estimate of drug-likeness (QED) is 0.864. The van der Waals surface area contributed by atoms with Crippen molar-refractivity contribution in [3.63, 3.8) is 0 Å². The highest BCUT2D eigenvalue weighted by atomic mass is 35.5. The minimum atomic E-state index is 0.0569. The minimum Gasteiger partial charge on any atom is -0.365 e. The van der Waals surface area contributed by atoms with Crippen LogP contribution >= 0.6 is 11.6 Å². The SMILES string of the molecule is CN(C)C(=O)CN(C)c1ccnc2cc(Cl)ccc12. The van der Waals surface area contributed by atoms with E-state index in [0.29, 0.717) is 11.6 Å². The maximum atomic E-state index is 11.8. The lowest BCUT2D eigenvalue weighted by Crippen LogP contribution is -2.34. The average molecular weight is 278 g/mol. The van der Waals surface area contributed by atoms with Crippen molar-refractivity contribution < 1.29 is 4.79 Å². The Morgan fingerprint density at radius 3 is 2.68 bits per heavy atom. The van der Waals surface area contributed by atoms with Crippen molar-refractivity contribution in [1.82, 2.24) is 9.88 Å². The summed E-state index contributed by atoms with van der Waals surface area (Å²) < 4.78 is 0. The van der Waals surface area contributed by atoms with Crippen LogP contribution in [0.25, 0.3) is 10.9 Å². The molecule has 1 amide bonds. The molecule has 0 aliphatic carbocycles. The van der Waals surface area contributed by atoms with E-state index in [-0.39, 0.29) is 5.91 Å². The Balaban J connectivity index is 2.37. The van der Waals surface area contributed by atoms with Crippen molar-refractivity contribution in [3.8, 4) is 0 Å². The van der Waals surface area contributed by atoms with E-state index in [0.717, 1.165) is 16.6 Å². The maximum Gasteiger partial charge on any atom is 0.241 e. The second-order valence-corrected chi connectivity index (χ2v) is 5.07. The van der Waals surface area contributed by atoms with Gasteiger partial charge in [0.25, 0.3) is 0 Å². The highest BCUT2D eigenvalue weighted by molar-refractivity contribution is 6.31. The van der Waals surface area contributed by atoms with E-state index in [2.05, 4.69) is 4.98 Å². The van der Waals surface area contributed by atoms with Crippen LogP contribution in [0.2, 0.25) is 5.02 Å². The van der Waals surface area contributed by atoms with E-state index in [1.165, 1.54) is 0 Å². The van der Waals surface area contributed by atoms with Crippen LogP contribution in [0.15, 0.2) is 30.5 Å². The van der Waals surface area contributed by atoms with Gasteiger partial charge in [0, 0.05) is 43.4 Å². The zero-order valence-electron chi connectivity index (χ0n) is 11.2. The number of carbonyl (C=O) groups is 1. The van der Waals surface area contributed by atoms with Crippen molar-refractivity contribution in [2.24, 2.45) is 0 Å². The molecule has 100 valence electrons. The first-order chi connectivity index (χ1) is 8.99. The van der Waals surface area contributed by atoms with E-state index in [4.69, 9.17) is 11.6 Å². The number of rotatable bonds is 3. The Morgan fingerprint density at radius 2 is 2.00 bits per heavy atom. The molecule has 0 spiro atoms. The summed E-state index contributed by atoms with van der Waals surface area (Å²) in [6, 6.07) is 7.48. The number of amides is 1. The van der Waals surface area contributed by atoms with Gasteiger partial charge in [-0.2, -0.15) is 0 Å². The van der Waals surface area contributed by atoms with Crippen LogP contribution in [-0.4, -0.2) is 43.5 Å². The summed E-state index contributed by atoms with van der Waals surface area (Å²) in [6.07, 6.45) is 1.73. The van der Waals surface area contributed by atoms with Crippen LogP contribution in [0, 0.1) is 0 Å². The molecule has 0 unspecified atom stereocenters. The van der Waals surface area contributed by atoms with Gasteiger partial charge in [-0.3, -0.25) is 9.78 Å². The Morgan fingerprint density at radius 1 is 1.26 bits per heavy atom. The zero-order chi connectivity index (χ0) is 14.0. The van der Waals surface area contributed by atoms with Gasteiger partial charge in [-0.15, -0.1) is 0 Å². The predicted octanol–water partition coefficient (Wildman–Crippen LogP) is 2.41. The number of fused-ring (bicyclic) bond motifs is 1. The number of anilines is 1. The largest absolute Gasteiger partial charge is 0.365 e. The zero-order valence-corrected chi connectivity index (χ0v) is 12.0. The van der Waals surface area contributed by atoms with Crippen molar-refractivity contribution in [2.45, 2.75) is 0 Å². The average Bonchev–Trinajstić information content (AvgIpc) is 2.37. The Bertz CT molecular complexity index is 613. The fourth-order valence-electron chi connectivity index (χ4n) is 1.87. The first-order valence-electron chi connectivity index (χ1n) is 5.94. The summed E-state index contributed by atoms with van der Waals surface area (Å²) in [7, 11) is 5.39. The molecule has 0 atom stereocenters. The van der Waals surface area contributed by atoms with Gasteiger partial charge in [0.05, 0.1) is 12.1 Å². The fourth-order valence-corrected chi connectivity index (χ4v) is 2.03. The Labute approximate surface area is 117 Å². The van der Waals surface area contributed by atoms with Crippen LogP contribution in [0.4, 0.5) is 5.69 Å². The lowest BCUT2D eigenvalue weighted by Gasteiger charge is -2.22. The molecule has 0 aliphatic rings.